The summed E-state index contributed by atoms with van der Waals surface area (Å²) in [5, 5.41) is 3.88. The molecule has 0 unspecified atom stereocenters. The summed E-state index contributed by atoms with van der Waals surface area (Å²) >= 11 is 5.94. The van der Waals surface area contributed by atoms with E-state index in [0.717, 1.165) is 50.3 Å². The van der Waals surface area contributed by atoms with Crippen LogP contribution in [0, 0.1) is 0 Å². The van der Waals surface area contributed by atoms with Crippen LogP contribution >= 0.6 is 11.6 Å². The van der Waals surface area contributed by atoms with Gasteiger partial charge in [-0.25, -0.2) is 0 Å². The van der Waals surface area contributed by atoms with E-state index in [1.54, 1.807) is 6.92 Å². The number of benzene rings is 1. The van der Waals surface area contributed by atoms with Crippen molar-refractivity contribution >= 4 is 23.4 Å². The number of amides is 2. The van der Waals surface area contributed by atoms with E-state index in [-0.39, 0.29) is 17.9 Å². The lowest BCUT2D eigenvalue weighted by molar-refractivity contribution is -0.130. The third-order valence-electron chi connectivity index (χ3n) is 5.01. The van der Waals surface area contributed by atoms with Crippen molar-refractivity contribution in [1.82, 2.24) is 15.1 Å². The van der Waals surface area contributed by atoms with E-state index in [2.05, 4.69) is 10.2 Å². The van der Waals surface area contributed by atoms with Crippen molar-refractivity contribution < 1.29 is 9.59 Å². The zero-order chi connectivity index (χ0) is 17.8. The van der Waals surface area contributed by atoms with Crippen molar-refractivity contribution in [2.75, 3.05) is 19.6 Å². The Morgan fingerprint density at radius 1 is 1.16 bits per heavy atom. The first kappa shape index (κ1) is 18.2. The first-order valence-electron chi connectivity index (χ1n) is 9.04. The lowest BCUT2D eigenvalue weighted by Gasteiger charge is -2.32. The number of nitrogens with zero attached hydrogens (tertiary/aromatic N) is 2. The molecule has 1 N–H and O–H groups in total. The normalized spacial score (nSPS) is 18.4. The Balaban J connectivity index is 1.48. The molecule has 3 rings (SSSR count). The van der Waals surface area contributed by atoms with Crippen molar-refractivity contribution in [1.29, 1.82) is 0 Å². The molecule has 2 fully saturated rings. The van der Waals surface area contributed by atoms with Crippen LogP contribution in [0.2, 0.25) is 5.02 Å². The minimum Gasteiger partial charge on any atom is -0.352 e. The molecule has 136 valence electrons. The second-order valence-electron chi connectivity index (χ2n) is 7.11. The van der Waals surface area contributed by atoms with Crippen LogP contribution in [0.5, 0.6) is 0 Å². The number of halogens is 1. The van der Waals surface area contributed by atoms with Crippen LogP contribution in [0.3, 0.4) is 0 Å². The molecule has 2 amide bonds. The molecule has 1 aliphatic carbocycles. The summed E-state index contributed by atoms with van der Waals surface area (Å²) in [6.45, 7) is 4.27. The SMILES string of the molecule is CC(=O)N1CCC(NC(=O)CN(Cc2ccc(Cl)cc2)C2CC2)CC1. The molecule has 5 nitrogen and oxygen atoms in total. The lowest BCUT2D eigenvalue weighted by atomic mass is 10.0. The van der Waals surface area contributed by atoms with Crippen molar-refractivity contribution in [2.24, 2.45) is 0 Å². The highest BCUT2D eigenvalue weighted by atomic mass is 35.5. The number of hydrogen-bond donors (Lipinski definition) is 1. The van der Waals surface area contributed by atoms with Crippen LogP contribution in [-0.2, 0) is 16.1 Å². The fourth-order valence-corrected chi connectivity index (χ4v) is 3.50. The highest BCUT2D eigenvalue weighted by Crippen LogP contribution is 2.28. The summed E-state index contributed by atoms with van der Waals surface area (Å²) in [6, 6.07) is 8.52. The number of piperidine rings is 1. The molecular formula is C19H26ClN3O2. The largest absolute Gasteiger partial charge is 0.352 e. The van der Waals surface area contributed by atoms with Gasteiger partial charge in [-0.1, -0.05) is 23.7 Å². The van der Waals surface area contributed by atoms with Crippen LogP contribution in [0.25, 0.3) is 0 Å². The van der Waals surface area contributed by atoms with Crippen molar-refractivity contribution in [3.05, 3.63) is 34.9 Å². The lowest BCUT2D eigenvalue weighted by Crippen LogP contribution is -2.48. The Kier molecular flexibility index (Phi) is 5.97. The van der Waals surface area contributed by atoms with E-state index in [9.17, 15) is 9.59 Å². The molecule has 0 aromatic heterocycles. The standard InChI is InChI=1S/C19H26ClN3O2/c1-14(24)22-10-8-17(9-11-22)21-19(25)13-23(18-6-7-18)12-15-2-4-16(20)5-3-15/h2-5,17-18H,6-13H2,1H3,(H,21,25). The van der Waals surface area contributed by atoms with Gasteiger partial charge in [-0.05, 0) is 43.4 Å². The fourth-order valence-electron chi connectivity index (χ4n) is 3.37. The number of nitrogens with one attached hydrogen (secondary N) is 1. The van der Waals surface area contributed by atoms with Crippen LogP contribution < -0.4 is 5.32 Å². The minimum absolute atomic E-state index is 0.0853. The van der Waals surface area contributed by atoms with Gasteiger partial charge in [0, 0.05) is 43.7 Å². The van der Waals surface area contributed by atoms with Gasteiger partial charge in [0.15, 0.2) is 0 Å². The maximum Gasteiger partial charge on any atom is 0.234 e. The highest BCUT2D eigenvalue weighted by Gasteiger charge is 2.31. The number of carbonyl (C=O) groups excluding carboxylic acids is 2. The molecule has 1 aromatic rings. The second kappa shape index (κ2) is 8.19. The van der Waals surface area contributed by atoms with E-state index in [4.69, 9.17) is 11.6 Å². The molecule has 1 aliphatic heterocycles. The van der Waals surface area contributed by atoms with Crippen LogP contribution in [0.4, 0.5) is 0 Å². The van der Waals surface area contributed by atoms with Gasteiger partial charge in [-0.15, -0.1) is 0 Å². The molecule has 6 heteroatoms. The van der Waals surface area contributed by atoms with Crippen LogP contribution in [0.15, 0.2) is 24.3 Å². The van der Waals surface area contributed by atoms with Gasteiger partial charge in [-0.2, -0.15) is 0 Å². The summed E-state index contributed by atoms with van der Waals surface area (Å²) in [6.07, 6.45) is 4.01. The molecule has 0 spiro atoms. The molecule has 25 heavy (non-hydrogen) atoms. The van der Waals surface area contributed by atoms with Crippen molar-refractivity contribution in [3.63, 3.8) is 0 Å². The summed E-state index contributed by atoms with van der Waals surface area (Å²) in [5.41, 5.74) is 1.18. The predicted octanol–water partition coefficient (Wildman–Crippen LogP) is 2.43. The number of rotatable bonds is 6. The minimum atomic E-state index is 0.0853. The summed E-state index contributed by atoms with van der Waals surface area (Å²) in [4.78, 5) is 27.9. The fraction of sp³-hybridized carbons (Fsp3) is 0.579. The van der Waals surface area contributed by atoms with E-state index in [1.807, 2.05) is 29.2 Å². The van der Waals surface area contributed by atoms with Gasteiger partial charge in [0.25, 0.3) is 0 Å². The first-order chi connectivity index (χ1) is 12.0. The van der Waals surface area contributed by atoms with Crippen LogP contribution in [-0.4, -0.2) is 53.3 Å². The van der Waals surface area contributed by atoms with E-state index >= 15 is 0 Å². The van der Waals surface area contributed by atoms with Crippen molar-refractivity contribution in [3.8, 4) is 0 Å². The van der Waals surface area contributed by atoms with E-state index < -0.39 is 0 Å². The molecule has 0 atom stereocenters. The van der Waals surface area contributed by atoms with E-state index in [0.29, 0.717) is 12.6 Å². The maximum atomic E-state index is 12.5. The first-order valence-corrected chi connectivity index (χ1v) is 9.42. The number of carbonyl (C=O) groups is 2. The van der Waals surface area contributed by atoms with Gasteiger partial charge in [-0.3, -0.25) is 14.5 Å². The second-order valence-corrected chi connectivity index (χ2v) is 7.55. The Labute approximate surface area is 154 Å². The van der Waals surface area contributed by atoms with Gasteiger partial charge in [0.05, 0.1) is 6.54 Å². The van der Waals surface area contributed by atoms with Gasteiger partial charge >= 0.3 is 0 Å². The summed E-state index contributed by atoms with van der Waals surface area (Å²) in [7, 11) is 0. The molecule has 1 saturated heterocycles. The third kappa shape index (κ3) is 5.44. The zero-order valence-electron chi connectivity index (χ0n) is 14.7. The quantitative estimate of drug-likeness (QED) is 0.844. The third-order valence-corrected chi connectivity index (χ3v) is 5.27. The van der Waals surface area contributed by atoms with Crippen LogP contribution in [0.1, 0.15) is 38.2 Å². The molecule has 1 aromatic carbocycles. The number of hydrogen-bond acceptors (Lipinski definition) is 3. The Morgan fingerprint density at radius 3 is 2.36 bits per heavy atom. The van der Waals surface area contributed by atoms with Gasteiger partial charge < -0.3 is 10.2 Å². The van der Waals surface area contributed by atoms with Gasteiger partial charge in [0.1, 0.15) is 0 Å². The molecule has 1 saturated carbocycles. The Bertz CT molecular complexity index is 608. The summed E-state index contributed by atoms with van der Waals surface area (Å²) in [5.74, 6) is 0.204. The van der Waals surface area contributed by atoms with Crippen molar-refractivity contribution in [2.45, 2.75) is 51.2 Å². The molecule has 0 bridgehead atoms. The maximum absolute atomic E-state index is 12.5. The topological polar surface area (TPSA) is 52.7 Å². The highest BCUT2D eigenvalue weighted by molar-refractivity contribution is 6.30. The van der Waals surface area contributed by atoms with E-state index in [1.165, 1.54) is 5.56 Å². The summed E-state index contributed by atoms with van der Waals surface area (Å²) < 4.78 is 0. The molecular weight excluding hydrogens is 338 g/mol. The predicted molar refractivity (Wildman–Crippen MR) is 98.3 cm³/mol. The zero-order valence-corrected chi connectivity index (χ0v) is 15.5. The average Bonchev–Trinajstić information content (AvgIpc) is 3.41. The molecule has 2 aliphatic rings. The molecule has 1 heterocycles. The number of likely N-dealkylation sites (tertiary alicyclic amines) is 1. The molecule has 0 radical (unpaired) electrons. The Hall–Kier alpha value is -1.59. The average molecular weight is 364 g/mol. The monoisotopic (exact) mass is 363 g/mol. The van der Waals surface area contributed by atoms with Gasteiger partial charge in [0.2, 0.25) is 11.8 Å². The smallest absolute Gasteiger partial charge is 0.234 e. The Morgan fingerprint density at radius 2 is 1.80 bits per heavy atom.